The largest absolute Gasteiger partial charge is 0.569 e. The Morgan fingerprint density at radius 2 is 1.71 bits per heavy atom. The smallest absolute Gasteiger partial charge is 0.242 e. The zero-order chi connectivity index (χ0) is 25.8. The van der Waals surface area contributed by atoms with Crippen LogP contribution in [0, 0.1) is 5.21 Å². The lowest BCUT2D eigenvalue weighted by molar-refractivity contribution is -0.713. The van der Waals surface area contributed by atoms with Crippen molar-refractivity contribution in [1.82, 2.24) is 9.91 Å². The van der Waals surface area contributed by atoms with Crippen LogP contribution in [0.15, 0.2) is 5.28 Å². The van der Waals surface area contributed by atoms with Gasteiger partial charge in [0.1, 0.15) is 5.78 Å². The van der Waals surface area contributed by atoms with E-state index in [1.165, 1.54) is 31.8 Å². The summed E-state index contributed by atoms with van der Waals surface area (Å²) >= 11 is 5.48. The lowest BCUT2D eigenvalue weighted by Crippen LogP contribution is -2.35. The monoisotopic (exact) mass is 586 g/mol. The van der Waals surface area contributed by atoms with Gasteiger partial charge in [-0.25, -0.2) is 0 Å². The number of imide groups is 1. The third-order valence-corrected chi connectivity index (χ3v) is 6.59. The van der Waals surface area contributed by atoms with Gasteiger partial charge in [0.15, 0.2) is 0 Å². The summed E-state index contributed by atoms with van der Waals surface area (Å²) in [5.41, 5.74) is 0. The maximum Gasteiger partial charge on any atom is 0.242 e. The van der Waals surface area contributed by atoms with Crippen molar-refractivity contribution in [2.24, 2.45) is 5.28 Å². The number of piperidine rings is 1. The molecule has 2 aliphatic rings. The molecule has 0 aliphatic carbocycles. The third-order valence-electron chi connectivity index (χ3n) is 4.73. The summed E-state index contributed by atoms with van der Waals surface area (Å²) in [4.78, 5) is 40.7. The number of hydrazine groups is 1. The topological polar surface area (TPSA) is 115 Å². The molecule has 2 fully saturated rings. The van der Waals surface area contributed by atoms with Crippen LogP contribution in [-0.2, 0) is 24.0 Å². The van der Waals surface area contributed by atoms with Gasteiger partial charge in [-0.1, -0.05) is 43.6 Å². The third kappa shape index (κ3) is 21.4. The van der Waals surface area contributed by atoms with Gasteiger partial charge in [0.05, 0.1) is 23.3 Å². The fourth-order valence-electron chi connectivity index (χ4n) is 2.99. The summed E-state index contributed by atoms with van der Waals surface area (Å²) < 4.78 is 4.58. The molecule has 0 bridgehead atoms. The number of hydrogen-bond acceptors (Lipinski definition) is 9. The van der Waals surface area contributed by atoms with E-state index in [-0.39, 0.29) is 59.3 Å². The first-order valence-electron chi connectivity index (χ1n) is 11.9. The quantitative estimate of drug-likeness (QED) is 0.0533. The average Bonchev–Trinajstić information content (AvgIpc) is 3.11. The molecule has 2 aliphatic heterocycles. The first-order valence-corrected chi connectivity index (χ1v) is 13.6. The number of ether oxygens (including phenoxy) is 1. The SMILES string of the molecule is C.C.C.C.CCCS.CCCSC1CC(=O)N(CCCC(C)=O)C1=O.COCO/N=[N+](\[O-])N1CCCCC1. The Hall–Kier alpha value is -1.53. The van der Waals surface area contributed by atoms with E-state index in [1.807, 2.05) is 0 Å². The second-order valence-corrected chi connectivity index (χ2v) is 9.62. The number of rotatable bonds is 12. The van der Waals surface area contributed by atoms with E-state index in [4.69, 9.17) is 0 Å². The lowest BCUT2D eigenvalue weighted by Gasteiger charge is -2.21. The van der Waals surface area contributed by atoms with Gasteiger partial charge in [-0.3, -0.25) is 14.5 Å². The van der Waals surface area contributed by atoms with Crippen LogP contribution in [0.3, 0.4) is 0 Å². The van der Waals surface area contributed by atoms with Crippen LogP contribution in [0.1, 0.15) is 102 Å². The number of carbonyl (C=O) groups excluding carboxylic acids is 3. The fraction of sp³-hybridized carbons (Fsp3) is 0.885. The molecule has 12 heteroatoms. The molecule has 38 heavy (non-hydrogen) atoms. The summed E-state index contributed by atoms with van der Waals surface area (Å²) in [5, 5.41) is 15.9. The zero-order valence-corrected chi connectivity index (χ0v) is 22.8. The van der Waals surface area contributed by atoms with Crippen LogP contribution in [-0.4, -0.2) is 82.8 Å². The molecule has 1 atom stereocenters. The minimum atomic E-state index is -0.195. The first-order chi connectivity index (χ1) is 16.3. The fourth-order valence-corrected chi connectivity index (χ4v) is 4.04. The predicted octanol–water partition coefficient (Wildman–Crippen LogP) is 6.38. The molecule has 0 radical (unpaired) electrons. The molecule has 2 rings (SSSR count). The van der Waals surface area contributed by atoms with E-state index >= 15 is 0 Å². The van der Waals surface area contributed by atoms with E-state index in [1.54, 1.807) is 16.8 Å². The standard InChI is InChI=1S/C12H19NO3S.C7H15N3O3.C3H8S.4CH4/c1-3-7-17-10-8-11(15)13(12(10)16)6-4-5-9(2)14;1-12-7-13-8-10(11)9-5-3-2-4-6-9;1-2-3-4;;;;/h10H,3-8H2,1-2H3;2-7H2,1H3;4H,2-3H2,1H3;4*1H4/b;10-8-;;;;;. The number of nitrogens with zero attached hydrogens (tertiary/aromatic N) is 4. The number of Topliss-reactive ketones (excluding diaryl/α,β-unsaturated/α-hetero) is 1. The first kappa shape index (κ1) is 46.3. The number of likely N-dealkylation sites (tertiary alicyclic amines) is 1. The van der Waals surface area contributed by atoms with Crippen molar-refractivity contribution in [3.05, 3.63) is 5.21 Å². The van der Waals surface area contributed by atoms with Crippen molar-refractivity contribution < 1.29 is 28.9 Å². The second kappa shape index (κ2) is 30.0. The zero-order valence-electron chi connectivity index (χ0n) is 21.1. The molecule has 230 valence electrons. The molecule has 2 saturated heterocycles. The van der Waals surface area contributed by atoms with Crippen LogP contribution in [0.25, 0.3) is 0 Å². The molecular weight excluding hydrogens is 528 g/mol. The minimum absolute atomic E-state index is 0. The van der Waals surface area contributed by atoms with Crippen molar-refractivity contribution in [2.75, 3.05) is 45.0 Å². The van der Waals surface area contributed by atoms with E-state index in [0.717, 1.165) is 43.9 Å². The van der Waals surface area contributed by atoms with Gasteiger partial charge in [-0.2, -0.15) is 12.6 Å². The Balaban J connectivity index is -0.000000156. The molecular formula is C26H58N4O6S2. The number of methoxy groups -OCH3 is 1. The summed E-state index contributed by atoms with van der Waals surface area (Å²) in [6, 6.07) is 0. The van der Waals surface area contributed by atoms with Crippen LogP contribution >= 0.6 is 24.4 Å². The molecule has 10 nitrogen and oxygen atoms in total. The Labute approximate surface area is 243 Å². The van der Waals surface area contributed by atoms with Crippen molar-refractivity contribution in [1.29, 1.82) is 0 Å². The van der Waals surface area contributed by atoms with Gasteiger partial charge in [-0.05, 0) is 57.0 Å². The van der Waals surface area contributed by atoms with E-state index in [0.29, 0.717) is 30.8 Å². The maximum atomic E-state index is 11.9. The van der Waals surface area contributed by atoms with Crippen LogP contribution in [0.2, 0.25) is 0 Å². The molecule has 2 amide bonds. The van der Waals surface area contributed by atoms with Crippen molar-refractivity contribution in [3.63, 3.8) is 0 Å². The average molecular weight is 587 g/mol. The van der Waals surface area contributed by atoms with E-state index < -0.39 is 0 Å². The number of amides is 2. The highest BCUT2D eigenvalue weighted by molar-refractivity contribution is 8.00. The Bertz CT molecular complexity index is 619. The Morgan fingerprint density at radius 3 is 2.18 bits per heavy atom. The molecule has 0 saturated carbocycles. The van der Waals surface area contributed by atoms with E-state index in [2.05, 4.69) is 41.3 Å². The summed E-state index contributed by atoms with van der Waals surface area (Å²) in [7, 11) is 1.48. The van der Waals surface area contributed by atoms with Crippen LogP contribution in [0.5, 0.6) is 0 Å². The summed E-state index contributed by atoms with van der Waals surface area (Å²) in [5.74, 6) is 1.86. The molecule has 1 unspecified atom stereocenters. The number of hydrogen-bond donors (Lipinski definition) is 1. The highest BCUT2D eigenvalue weighted by Gasteiger charge is 2.38. The number of thioether (sulfide) groups is 1. The summed E-state index contributed by atoms with van der Waals surface area (Å²) in [6.45, 7) is 7.58. The lowest BCUT2D eigenvalue weighted by atomic mass is 10.2. The van der Waals surface area contributed by atoms with Crippen LogP contribution in [0.4, 0.5) is 0 Å². The number of ketones is 1. The minimum Gasteiger partial charge on any atom is -0.569 e. The van der Waals surface area contributed by atoms with Crippen molar-refractivity contribution in [3.8, 4) is 0 Å². The van der Waals surface area contributed by atoms with Crippen LogP contribution < -0.4 is 0 Å². The summed E-state index contributed by atoms with van der Waals surface area (Å²) in [6.07, 6.45) is 6.79. The van der Waals surface area contributed by atoms with E-state index in [9.17, 15) is 19.6 Å². The number of thiol groups is 1. The molecule has 0 aromatic rings. The molecule has 0 N–H and O–H groups in total. The van der Waals surface area contributed by atoms with Crippen molar-refractivity contribution in [2.45, 2.75) is 107 Å². The van der Waals surface area contributed by atoms with Crippen molar-refractivity contribution >= 4 is 42.0 Å². The number of carbonyl (C=O) groups is 3. The van der Waals surface area contributed by atoms with Gasteiger partial charge in [0.2, 0.25) is 23.9 Å². The highest BCUT2D eigenvalue weighted by atomic mass is 32.2. The molecule has 0 aromatic carbocycles. The van der Waals surface area contributed by atoms with Gasteiger partial charge in [0, 0.05) is 26.5 Å². The normalized spacial score (nSPS) is 16.2. The van der Waals surface area contributed by atoms with Gasteiger partial charge < -0.3 is 19.6 Å². The Morgan fingerprint density at radius 1 is 1.13 bits per heavy atom. The Kier molecular flexibility index (Phi) is 36.6. The van der Waals surface area contributed by atoms with Gasteiger partial charge in [-0.15, -0.1) is 16.8 Å². The van der Waals surface area contributed by atoms with Gasteiger partial charge >= 0.3 is 0 Å². The second-order valence-electron chi connectivity index (χ2n) is 7.86. The molecule has 2 heterocycles. The van der Waals surface area contributed by atoms with Gasteiger partial charge in [0.25, 0.3) is 0 Å². The predicted molar refractivity (Wildman–Crippen MR) is 163 cm³/mol. The maximum absolute atomic E-state index is 11.9. The molecule has 0 aromatic heterocycles. The highest BCUT2D eigenvalue weighted by Crippen LogP contribution is 2.25. The molecule has 0 spiro atoms.